The van der Waals surface area contributed by atoms with Crippen molar-refractivity contribution in [2.75, 3.05) is 33.2 Å². The van der Waals surface area contributed by atoms with Crippen molar-refractivity contribution in [2.24, 2.45) is 10.9 Å². The fourth-order valence-corrected chi connectivity index (χ4v) is 3.07. The first-order chi connectivity index (χ1) is 6.82. The van der Waals surface area contributed by atoms with Gasteiger partial charge in [-0.15, -0.1) is 0 Å². The van der Waals surface area contributed by atoms with Gasteiger partial charge in [0.05, 0.1) is 6.54 Å². The van der Waals surface area contributed by atoms with Gasteiger partial charge in [0.1, 0.15) is 5.60 Å². The molecule has 4 nitrogen and oxygen atoms in total. The maximum Gasteiger partial charge on any atom is 0.285 e. The minimum absolute atomic E-state index is 0.0470. The van der Waals surface area contributed by atoms with Crippen molar-refractivity contribution >= 4 is 6.02 Å². The molecule has 0 saturated carbocycles. The second-order valence-electron chi connectivity index (χ2n) is 4.62. The van der Waals surface area contributed by atoms with E-state index in [0.717, 1.165) is 19.1 Å². The van der Waals surface area contributed by atoms with Crippen LogP contribution in [-0.2, 0) is 4.74 Å². The van der Waals surface area contributed by atoms with Crippen molar-refractivity contribution in [1.82, 2.24) is 10.2 Å². The van der Waals surface area contributed by atoms with E-state index in [2.05, 4.69) is 15.2 Å². The standard InChI is InChI=1S/C10H17N3O/c1-11-9-12-6-10(14-9)7-13-4-2-3-8(10)5-13/h8H,2-7H2,1H3,(H,11,12). The van der Waals surface area contributed by atoms with Gasteiger partial charge >= 0.3 is 0 Å². The van der Waals surface area contributed by atoms with E-state index in [1.165, 1.54) is 25.9 Å². The lowest BCUT2D eigenvalue weighted by Crippen LogP contribution is -2.41. The first-order valence-electron chi connectivity index (χ1n) is 5.44. The Balaban J connectivity index is 1.84. The summed E-state index contributed by atoms with van der Waals surface area (Å²) in [5.74, 6) is 0.711. The topological polar surface area (TPSA) is 36.9 Å². The molecule has 3 fully saturated rings. The number of nitrogens with zero attached hydrogens (tertiary/aromatic N) is 2. The lowest BCUT2D eigenvalue weighted by atomic mass is 9.87. The summed E-state index contributed by atoms with van der Waals surface area (Å²) in [6.45, 7) is 4.50. The molecule has 3 aliphatic rings. The van der Waals surface area contributed by atoms with Gasteiger partial charge in [-0.2, -0.15) is 0 Å². The third-order valence-corrected chi connectivity index (χ3v) is 3.78. The van der Waals surface area contributed by atoms with Gasteiger partial charge in [0.25, 0.3) is 6.02 Å². The molecule has 0 aromatic carbocycles. The third kappa shape index (κ3) is 1.06. The molecule has 3 rings (SSSR count). The number of rotatable bonds is 0. The van der Waals surface area contributed by atoms with Gasteiger partial charge < -0.3 is 10.1 Å². The van der Waals surface area contributed by atoms with Crippen LogP contribution in [0.5, 0.6) is 0 Å². The molecular formula is C10H17N3O. The first-order valence-corrected chi connectivity index (χ1v) is 5.44. The van der Waals surface area contributed by atoms with E-state index in [9.17, 15) is 0 Å². The molecular weight excluding hydrogens is 178 g/mol. The van der Waals surface area contributed by atoms with Crippen LogP contribution in [0.4, 0.5) is 0 Å². The molecule has 0 aromatic rings. The van der Waals surface area contributed by atoms with Crippen molar-refractivity contribution in [2.45, 2.75) is 18.4 Å². The van der Waals surface area contributed by atoms with E-state index in [4.69, 9.17) is 4.74 Å². The summed E-state index contributed by atoms with van der Waals surface area (Å²) < 4.78 is 5.97. The van der Waals surface area contributed by atoms with Gasteiger partial charge in [-0.05, 0) is 19.4 Å². The Kier molecular flexibility index (Phi) is 1.74. The van der Waals surface area contributed by atoms with E-state index >= 15 is 0 Å². The highest BCUT2D eigenvalue weighted by atomic mass is 16.5. The molecule has 3 aliphatic heterocycles. The molecule has 0 aromatic heterocycles. The normalized spacial score (nSPS) is 48.2. The highest BCUT2D eigenvalue weighted by Crippen LogP contribution is 2.39. The maximum atomic E-state index is 5.97. The second kappa shape index (κ2) is 2.86. The Hall–Kier alpha value is -0.770. The molecule has 3 saturated heterocycles. The summed E-state index contributed by atoms with van der Waals surface area (Å²) in [6.07, 6.45) is 2.64. The van der Waals surface area contributed by atoms with Crippen molar-refractivity contribution in [1.29, 1.82) is 0 Å². The number of piperidine rings is 1. The molecule has 0 amide bonds. The number of fused-ring (bicyclic) bond motifs is 3. The molecule has 3 atom stereocenters. The van der Waals surface area contributed by atoms with Gasteiger partial charge in [-0.3, -0.25) is 4.90 Å². The van der Waals surface area contributed by atoms with Gasteiger partial charge in [0, 0.05) is 26.1 Å². The summed E-state index contributed by atoms with van der Waals surface area (Å²) in [4.78, 5) is 6.61. The average molecular weight is 195 g/mol. The molecule has 1 N–H and O–H groups in total. The maximum absolute atomic E-state index is 5.97. The van der Waals surface area contributed by atoms with Gasteiger partial charge in [-0.1, -0.05) is 0 Å². The highest BCUT2D eigenvalue weighted by molar-refractivity contribution is 5.76. The number of aliphatic imine (C=N–C) groups is 1. The van der Waals surface area contributed by atoms with Crippen LogP contribution in [0.3, 0.4) is 0 Å². The smallest absolute Gasteiger partial charge is 0.285 e. The van der Waals surface area contributed by atoms with Crippen LogP contribution in [0.15, 0.2) is 4.99 Å². The van der Waals surface area contributed by atoms with Crippen LogP contribution in [0.25, 0.3) is 0 Å². The molecule has 3 heterocycles. The van der Waals surface area contributed by atoms with E-state index in [0.29, 0.717) is 5.92 Å². The molecule has 1 spiro atoms. The molecule has 78 valence electrons. The van der Waals surface area contributed by atoms with Crippen molar-refractivity contribution in [3.63, 3.8) is 0 Å². The monoisotopic (exact) mass is 195 g/mol. The fourth-order valence-electron chi connectivity index (χ4n) is 3.07. The first kappa shape index (κ1) is 8.53. The summed E-state index contributed by atoms with van der Waals surface area (Å²) in [5.41, 5.74) is 0.0470. The minimum atomic E-state index is 0.0470. The van der Waals surface area contributed by atoms with E-state index in [-0.39, 0.29) is 5.60 Å². The van der Waals surface area contributed by atoms with Gasteiger partial charge in [0.2, 0.25) is 0 Å². The van der Waals surface area contributed by atoms with Crippen molar-refractivity contribution < 1.29 is 4.74 Å². The van der Waals surface area contributed by atoms with E-state index < -0.39 is 0 Å². The van der Waals surface area contributed by atoms with Crippen LogP contribution >= 0.6 is 0 Å². The molecule has 4 heteroatoms. The van der Waals surface area contributed by atoms with Crippen LogP contribution in [0.1, 0.15) is 12.8 Å². The van der Waals surface area contributed by atoms with Crippen LogP contribution in [0, 0.1) is 5.92 Å². The fraction of sp³-hybridized carbons (Fsp3) is 0.900. The second-order valence-corrected chi connectivity index (χ2v) is 4.62. The molecule has 3 unspecified atom stereocenters. The Morgan fingerprint density at radius 1 is 1.64 bits per heavy atom. The van der Waals surface area contributed by atoms with Crippen LogP contribution in [-0.4, -0.2) is 49.7 Å². The Morgan fingerprint density at radius 3 is 3.29 bits per heavy atom. The number of nitrogens with one attached hydrogen (secondary N) is 1. The van der Waals surface area contributed by atoms with Gasteiger partial charge in [0.15, 0.2) is 0 Å². The van der Waals surface area contributed by atoms with Crippen LogP contribution < -0.4 is 5.32 Å². The number of ether oxygens (including phenoxy) is 1. The number of hydrogen-bond acceptors (Lipinski definition) is 3. The van der Waals surface area contributed by atoms with Crippen LogP contribution in [0.2, 0.25) is 0 Å². The predicted octanol–water partition coefficient (Wildman–Crippen LogP) is 0.0564. The SMILES string of the molecule is CN=C1NCC2(CN3CCCC2C3)O1. The van der Waals surface area contributed by atoms with E-state index in [1.807, 2.05) is 0 Å². The molecule has 14 heavy (non-hydrogen) atoms. The summed E-state index contributed by atoms with van der Waals surface area (Å²) >= 11 is 0. The van der Waals surface area contributed by atoms with Crippen molar-refractivity contribution in [3.05, 3.63) is 0 Å². The predicted molar refractivity (Wildman–Crippen MR) is 54.3 cm³/mol. The quantitative estimate of drug-likeness (QED) is 0.593. The zero-order valence-electron chi connectivity index (χ0n) is 8.62. The van der Waals surface area contributed by atoms with E-state index in [1.54, 1.807) is 7.05 Å². The number of amidine groups is 1. The molecule has 0 aliphatic carbocycles. The average Bonchev–Trinajstić information content (AvgIpc) is 2.72. The zero-order chi connectivity index (χ0) is 9.60. The Labute approximate surface area is 84.3 Å². The molecule has 2 bridgehead atoms. The zero-order valence-corrected chi connectivity index (χ0v) is 8.62. The van der Waals surface area contributed by atoms with Crippen molar-refractivity contribution in [3.8, 4) is 0 Å². The lowest BCUT2D eigenvalue weighted by molar-refractivity contribution is 0.0641. The summed E-state index contributed by atoms with van der Waals surface area (Å²) in [7, 11) is 1.78. The third-order valence-electron chi connectivity index (χ3n) is 3.78. The largest absolute Gasteiger partial charge is 0.455 e. The number of hydrogen-bond donors (Lipinski definition) is 1. The summed E-state index contributed by atoms with van der Waals surface area (Å²) in [6, 6.07) is 0.735. The Morgan fingerprint density at radius 2 is 2.57 bits per heavy atom. The Bertz CT molecular complexity index is 279. The molecule has 0 radical (unpaired) electrons. The minimum Gasteiger partial charge on any atom is -0.455 e. The lowest BCUT2D eigenvalue weighted by Gasteiger charge is -2.27. The van der Waals surface area contributed by atoms with Gasteiger partial charge in [-0.25, -0.2) is 4.99 Å². The summed E-state index contributed by atoms with van der Waals surface area (Å²) in [5, 5.41) is 3.25. The highest BCUT2D eigenvalue weighted by Gasteiger charge is 2.53.